The predicted octanol–water partition coefficient (Wildman–Crippen LogP) is 1.73. The average molecular weight is 268 g/mol. The highest BCUT2D eigenvalue weighted by Crippen LogP contribution is 2.05. The van der Waals surface area contributed by atoms with Crippen molar-refractivity contribution in [2.75, 3.05) is 38.5 Å². The first kappa shape index (κ1) is 15.3. The van der Waals surface area contributed by atoms with E-state index in [4.69, 9.17) is 0 Å². The summed E-state index contributed by atoms with van der Waals surface area (Å²) >= 11 is 0. The van der Waals surface area contributed by atoms with Gasteiger partial charge >= 0.3 is 0 Å². The van der Waals surface area contributed by atoms with E-state index in [1.807, 2.05) is 30.3 Å². The number of nitrogens with one attached hydrogen (secondary N) is 1. The molecule has 1 rings (SSSR count). The minimum absolute atomic E-state index is 0.712. The zero-order valence-electron chi connectivity index (χ0n) is 11.4. The first-order valence-electron chi connectivity index (χ1n) is 6.64. The number of benzene rings is 1. The number of likely N-dealkylation sites (N-methyl/N-ethyl adjacent to an activating group) is 2. The highest BCUT2D eigenvalue weighted by atomic mass is 32.2. The maximum atomic E-state index is 12.1. The van der Waals surface area contributed by atoms with Crippen molar-refractivity contribution in [2.45, 2.75) is 18.7 Å². The van der Waals surface area contributed by atoms with Crippen molar-refractivity contribution in [2.24, 2.45) is 0 Å². The van der Waals surface area contributed by atoms with Gasteiger partial charge in [0.15, 0.2) is 0 Å². The molecule has 0 bridgehead atoms. The Balaban J connectivity index is 2.32. The fourth-order valence-electron chi connectivity index (χ4n) is 1.74. The molecule has 0 aliphatic carbocycles. The van der Waals surface area contributed by atoms with Gasteiger partial charge in [-0.2, -0.15) is 0 Å². The minimum atomic E-state index is -0.875. The molecule has 0 amide bonds. The van der Waals surface area contributed by atoms with Crippen LogP contribution in [-0.2, 0) is 10.8 Å². The molecule has 0 aliphatic rings. The van der Waals surface area contributed by atoms with Crippen molar-refractivity contribution < 1.29 is 4.21 Å². The fourth-order valence-corrected chi connectivity index (χ4v) is 2.86. The van der Waals surface area contributed by atoms with Crippen LogP contribution in [0, 0.1) is 0 Å². The fraction of sp³-hybridized carbons (Fsp3) is 0.571. The molecule has 0 fully saturated rings. The molecule has 4 heteroatoms. The van der Waals surface area contributed by atoms with E-state index < -0.39 is 10.8 Å². The highest BCUT2D eigenvalue weighted by molar-refractivity contribution is 7.85. The van der Waals surface area contributed by atoms with E-state index in [9.17, 15) is 4.21 Å². The lowest BCUT2D eigenvalue weighted by Gasteiger charge is -2.20. The van der Waals surface area contributed by atoms with Gasteiger partial charge in [-0.15, -0.1) is 0 Å². The van der Waals surface area contributed by atoms with Gasteiger partial charge in [-0.1, -0.05) is 32.0 Å². The van der Waals surface area contributed by atoms with Crippen LogP contribution in [-0.4, -0.2) is 47.6 Å². The Bertz CT molecular complexity index is 343. The smallest absolute Gasteiger partial charge is 0.0542 e. The maximum absolute atomic E-state index is 12.1. The van der Waals surface area contributed by atoms with Crippen molar-refractivity contribution in [1.29, 1.82) is 0 Å². The molecule has 0 radical (unpaired) electrons. The average Bonchev–Trinajstić information content (AvgIpc) is 2.43. The third-order valence-corrected chi connectivity index (χ3v) is 4.25. The lowest BCUT2D eigenvalue weighted by Crippen LogP contribution is -2.34. The molecule has 0 aliphatic heterocycles. The maximum Gasteiger partial charge on any atom is 0.0542 e. The summed E-state index contributed by atoms with van der Waals surface area (Å²) < 4.78 is 12.1. The topological polar surface area (TPSA) is 32.3 Å². The van der Waals surface area contributed by atoms with Crippen LogP contribution in [0.5, 0.6) is 0 Å². The first-order valence-corrected chi connectivity index (χ1v) is 7.96. The van der Waals surface area contributed by atoms with Crippen LogP contribution in [0.25, 0.3) is 0 Å². The van der Waals surface area contributed by atoms with Crippen molar-refractivity contribution in [3.8, 4) is 0 Å². The Morgan fingerprint density at radius 1 is 1.17 bits per heavy atom. The van der Waals surface area contributed by atoms with Crippen LogP contribution in [0.4, 0.5) is 0 Å². The first-order chi connectivity index (χ1) is 8.77. The molecule has 1 atom stereocenters. The molecule has 1 N–H and O–H groups in total. The standard InChI is InChI=1S/C14H24N2OS/c1-3-15-10-11-16(4-2)12-13-18(17)14-8-6-5-7-9-14/h5-9,15H,3-4,10-13H2,1-2H3. The number of rotatable bonds is 9. The predicted molar refractivity (Wildman–Crippen MR) is 78.4 cm³/mol. The van der Waals surface area contributed by atoms with Gasteiger partial charge in [0.05, 0.1) is 10.8 Å². The Kier molecular flexibility index (Phi) is 7.89. The van der Waals surface area contributed by atoms with Gasteiger partial charge in [0.25, 0.3) is 0 Å². The molecule has 1 aromatic carbocycles. The van der Waals surface area contributed by atoms with E-state index >= 15 is 0 Å². The van der Waals surface area contributed by atoms with Gasteiger partial charge in [0, 0.05) is 30.3 Å². The molecule has 102 valence electrons. The van der Waals surface area contributed by atoms with E-state index in [1.165, 1.54) is 0 Å². The molecule has 1 unspecified atom stereocenters. The molecule has 1 aromatic rings. The van der Waals surface area contributed by atoms with Crippen molar-refractivity contribution in [1.82, 2.24) is 10.2 Å². The van der Waals surface area contributed by atoms with Crippen LogP contribution in [0.3, 0.4) is 0 Å². The summed E-state index contributed by atoms with van der Waals surface area (Å²) in [6.45, 7) is 9.20. The van der Waals surface area contributed by atoms with Crippen molar-refractivity contribution in [3.05, 3.63) is 30.3 Å². The van der Waals surface area contributed by atoms with Crippen molar-refractivity contribution >= 4 is 10.8 Å². The van der Waals surface area contributed by atoms with E-state index in [1.54, 1.807) is 0 Å². The second-order valence-electron chi connectivity index (χ2n) is 4.15. The van der Waals surface area contributed by atoms with Gasteiger partial charge in [0.1, 0.15) is 0 Å². The van der Waals surface area contributed by atoms with Gasteiger partial charge < -0.3 is 10.2 Å². The quantitative estimate of drug-likeness (QED) is 0.692. The third-order valence-electron chi connectivity index (χ3n) is 2.90. The molecule has 18 heavy (non-hydrogen) atoms. The van der Waals surface area contributed by atoms with Crippen LogP contribution in [0.1, 0.15) is 13.8 Å². The summed E-state index contributed by atoms with van der Waals surface area (Å²) in [5.41, 5.74) is 0. The van der Waals surface area contributed by atoms with Crippen LogP contribution < -0.4 is 5.32 Å². The van der Waals surface area contributed by atoms with Crippen LogP contribution in [0.2, 0.25) is 0 Å². The molecule has 0 saturated heterocycles. The molecular weight excluding hydrogens is 244 g/mol. The zero-order chi connectivity index (χ0) is 13.2. The summed E-state index contributed by atoms with van der Waals surface area (Å²) in [6, 6.07) is 9.71. The summed E-state index contributed by atoms with van der Waals surface area (Å²) in [6.07, 6.45) is 0. The summed E-state index contributed by atoms with van der Waals surface area (Å²) in [5, 5.41) is 3.31. The molecular formula is C14H24N2OS. The Labute approximate surface area is 113 Å². The van der Waals surface area contributed by atoms with Gasteiger partial charge in [-0.05, 0) is 25.2 Å². The molecule has 0 aromatic heterocycles. The Hall–Kier alpha value is -0.710. The molecule has 0 heterocycles. The second-order valence-corrected chi connectivity index (χ2v) is 5.72. The number of hydrogen-bond acceptors (Lipinski definition) is 3. The summed E-state index contributed by atoms with van der Waals surface area (Å²) in [7, 11) is -0.875. The largest absolute Gasteiger partial charge is 0.316 e. The normalized spacial score (nSPS) is 12.8. The lowest BCUT2D eigenvalue weighted by atomic mass is 10.4. The SMILES string of the molecule is CCNCCN(CC)CCS(=O)c1ccccc1. The Morgan fingerprint density at radius 3 is 2.50 bits per heavy atom. The summed E-state index contributed by atoms with van der Waals surface area (Å²) in [5.74, 6) is 0.712. The van der Waals surface area contributed by atoms with Crippen LogP contribution >= 0.6 is 0 Å². The third kappa shape index (κ3) is 5.76. The van der Waals surface area contributed by atoms with E-state index in [0.29, 0.717) is 5.75 Å². The Morgan fingerprint density at radius 2 is 1.89 bits per heavy atom. The van der Waals surface area contributed by atoms with E-state index in [-0.39, 0.29) is 0 Å². The molecule has 3 nitrogen and oxygen atoms in total. The number of nitrogens with zero attached hydrogens (tertiary/aromatic N) is 1. The van der Waals surface area contributed by atoms with Crippen molar-refractivity contribution in [3.63, 3.8) is 0 Å². The molecule has 0 spiro atoms. The highest BCUT2D eigenvalue weighted by Gasteiger charge is 2.06. The minimum Gasteiger partial charge on any atom is -0.316 e. The monoisotopic (exact) mass is 268 g/mol. The van der Waals surface area contributed by atoms with Gasteiger partial charge in [-0.3, -0.25) is 4.21 Å². The molecule has 0 saturated carbocycles. The van der Waals surface area contributed by atoms with Crippen LogP contribution in [0.15, 0.2) is 35.2 Å². The lowest BCUT2D eigenvalue weighted by molar-refractivity contribution is 0.305. The zero-order valence-corrected chi connectivity index (χ0v) is 12.2. The van der Waals surface area contributed by atoms with Gasteiger partial charge in [0.2, 0.25) is 0 Å². The van der Waals surface area contributed by atoms with Gasteiger partial charge in [-0.25, -0.2) is 0 Å². The summed E-state index contributed by atoms with van der Waals surface area (Å²) in [4.78, 5) is 3.27. The van der Waals surface area contributed by atoms with E-state index in [2.05, 4.69) is 24.1 Å². The second kappa shape index (κ2) is 9.25. The number of hydrogen-bond donors (Lipinski definition) is 1. The van der Waals surface area contributed by atoms with E-state index in [0.717, 1.165) is 37.6 Å².